The summed E-state index contributed by atoms with van der Waals surface area (Å²) in [6.45, 7) is 3.88. The Morgan fingerprint density at radius 2 is 2.00 bits per heavy atom. The van der Waals surface area contributed by atoms with Crippen molar-refractivity contribution in [3.63, 3.8) is 0 Å². The zero-order chi connectivity index (χ0) is 12.7. The van der Waals surface area contributed by atoms with E-state index in [9.17, 15) is 5.11 Å². The van der Waals surface area contributed by atoms with Crippen molar-refractivity contribution in [1.29, 1.82) is 0 Å². The lowest BCUT2D eigenvalue weighted by Gasteiger charge is -2.07. The summed E-state index contributed by atoms with van der Waals surface area (Å²) in [4.78, 5) is 0. The van der Waals surface area contributed by atoms with Gasteiger partial charge in [-0.05, 0) is 37.1 Å². The lowest BCUT2D eigenvalue weighted by Crippen LogP contribution is -1.93. The summed E-state index contributed by atoms with van der Waals surface area (Å²) in [5, 5.41) is 25.9. The Labute approximate surface area is 103 Å². The van der Waals surface area contributed by atoms with E-state index in [0.29, 0.717) is 16.9 Å². The van der Waals surface area contributed by atoms with Crippen molar-refractivity contribution in [3.8, 4) is 17.0 Å². The van der Waals surface area contributed by atoms with Crippen LogP contribution >= 0.6 is 0 Å². The van der Waals surface area contributed by atoms with E-state index in [1.807, 2.05) is 26.0 Å². The van der Waals surface area contributed by atoms with Crippen LogP contribution in [0.15, 0.2) is 24.4 Å². The second-order valence-electron chi connectivity index (χ2n) is 4.33. The van der Waals surface area contributed by atoms with Gasteiger partial charge in [0.1, 0.15) is 11.4 Å². The quantitative estimate of drug-likeness (QED) is 0.684. The molecule has 5 heteroatoms. The van der Waals surface area contributed by atoms with E-state index in [2.05, 4.69) is 20.4 Å². The van der Waals surface area contributed by atoms with Gasteiger partial charge in [-0.1, -0.05) is 6.07 Å². The second-order valence-corrected chi connectivity index (χ2v) is 4.33. The molecule has 3 aromatic rings. The monoisotopic (exact) mass is 240 g/mol. The topological polar surface area (TPSA) is 74.7 Å². The first-order valence-corrected chi connectivity index (χ1v) is 5.63. The molecule has 0 spiro atoms. The Morgan fingerprint density at radius 1 is 1.17 bits per heavy atom. The number of fused-ring (bicyclic) bond motifs is 1. The van der Waals surface area contributed by atoms with E-state index in [1.54, 1.807) is 12.3 Å². The predicted octanol–water partition coefficient (Wildman–Crippen LogP) is 2.34. The second kappa shape index (κ2) is 3.80. The minimum atomic E-state index is 0.218. The minimum absolute atomic E-state index is 0.218. The van der Waals surface area contributed by atoms with Crippen LogP contribution < -0.4 is 0 Å². The number of benzene rings is 1. The standard InChI is InChI=1S/C13H12N4O/c1-7-3-4-9(11(18)5-7)12-8(2)10-6-14-16-13(10)17-15-12/h3-6,18H,1-2H3,(H,14,16,17). The Morgan fingerprint density at radius 3 is 2.78 bits per heavy atom. The summed E-state index contributed by atoms with van der Waals surface area (Å²) >= 11 is 0. The van der Waals surface area contributed by atoms with Crippen LogP contribution in [-0.4, -0.2) is 25.5 Å². The molecule has 2 heterocycles. The van der Waals surface area contributed by atoms with Crippen molar-refractivity contribution < 1.29 is 5.11 Å². The largest absolute Gasteiger partial charge is 0.507 e. The zero-order valence-electron chi connectivity index (χ0n) is 10.1. The highest BCUT2D eigenvalue weighted by molar-refractivity contribution is 5.84. The number of aromatic nitrogens is 4. The maximum absolute atomic E-state index is 10.0. The van der Waals surface area contributed by atoms with Crippen molar-refractivity contribution in [2.24, 2.45) is 0 Å². The molecular formula is C13H12N4O. The van der Waals surface area contributed by atoms with Gasteiger partial charge in [-0.3, -0.25) is 5.10 Å². The molecule has 0 bridgehead atoms. The van der Waals surface area contributed by atoms with Crippen LogP contribution in [0.3, 0.4) is 0 Å². The number of aryl methyl sites for hydroxylation is 2. The summed E-state index contributed by atoms with van der Waals surface area (Å²) in [5.41, 5.74) is 3.98. The number of phenols is 1. The SMILES string of the molecule is Cc1ccc(-c2nnc3[nH]ncc3c2C)c(O)c1. The van der Waals surface area contributed by atoms with E-state index >= 15 is 0 Å². The van der Waals surface area contributed by atoms with Crippen LogP contribution in [0.4, 0.5) is 0 Å². The summed E-state index contributed by atoms with van der Waals surface area (Å²) in [5.74, 6) is 0.218. The number of rotatable bonds is 1. The van der Waals surface area contributed by atoms with Gasteiger partial charge in [0.25, 0.3) is 0 Å². The van der Waals surface area contributed by atoms with Gasteiger partial charge in [0.05, 0.1) is 6.20 Å². The molecule has 1 aromatic carbocycles. The summed E-state index contributed by atoms with van der Waals surface area (Å²) in [6, 6.07) is 5.51. The molecule has 0 atom stereocenters. The first kappa shape index (κ1) is 10.7. The maximum Gasteiger partial charge on any atom is 0.178 e. The van der Waals surface area contributed by atoms with Gasteiger partial charge in [-0.25, -0.2) is 0 Å². The van der Waals surface area contributed by atoms with Crippen molar-refractivity contribution in [3.05, 3.63) is 35.5 Å². The van der Waals surface area contributed by atoms with Crippen molar-refractivity contribution in [1.82, 2.24) is 20.4 Å². The summed E-state index contributed by atoms with van der Waals surface area (Å²) in [6.07, 6.45) is 1.72. The highest BCUT2D eigenvalue weighted by Crippen LogP contribution is 2.32. The molecule has 0 saturated carbocycles. The molecule has 2 aromatic heterocycles. The molecule has 90 valence electrons. The van der Waals surface area contributed by atoms with E-state index < -0.39 is 0 Å². The van der Waals surface area contributed by atoms with Crippen molar-refractivity contribution >= 4 is 11.0 Å². The normalized spacial score (nSPS) is 11.0. The van der Waals surface area contributed by atoms with Gasteiger partial charge in [-0.15, -0.1) is 10.2 Å². The zero-order valence-corrected chi connectivity index (χ0v) is 10.1. The molecular weight excluding hydrogens is 228 g/mol. The highest BCUT2D eigenvalue weighted by atomic mass is 16.3. The number of aromatic amines is 1. The first-order valence-electron chi connectivity index (χ1n) is 5.63. The number of phenolic OH excluding ortho intramolecular Hbond substituents is 1. The van der Waals surface area contributed by atoms with E-state index in [0.717, 1.165) is 16.5 Å². The Kier molecular flexibility index (Phi) is 2.26. The maximum atomic E-state index is 10.0. The van der Waals surface area contributed by atoms with Crippen LogP contribution in [0.1, 0.15) is 11.1 Å². The molecule has 0 aliphatic heterocycles. The predicted molar refractivity (Wildman–Crippen MR) is 68.3 cm³/mol. The van der Waals surface area contributed by atoms with Crippen LogP contribution in [0.2, 0.25) is 0 Å². The van der Waals surface area contributed by atoms with Crippen LogP contribution in [0.25, 0.3) is 22.3 Å². The molecule has 2 N–H and O–H groups in total. The Bertz CT molecular complexity index is 733. The summed E-state index contributed by atoms with van der Waals surface area (Å²) < 4.78 is 0. The Hall–Kier alpha value is -2.43. The first-order chi connectivity index (χ1) is 8.66. The average molecular weight is 240 g/mol. The van der Waals surface area contributed by atoms with Gasteiger partial charge in [0.15, 0.2) is 5.65 Å². The molecule has 0 radical (unpaired) electrons. The number of hydrogen-bond acceptors (Lipinski definition) is 4. The molecule has 0 aliphatic rings. The lowest BCUT2D eigenvalue weighted by molar-refractivity contribution is 0.476. The molecule has 0 aliphatic carbocycles. The van der Waals surface area contributed by atoms with Crippen molar-refractivity contribution in [2.75, 3.05) is 0 Å². The van der Waals surface area contributed by atoms with Gasteiger partial charge in [0, 0.05) is 10.9 Å². The number of H-pyrrole nitrogens is 1. The van der Waals surface area contributed by atoms with Gasteiger partial charge >= 0.3 is 0 Å². The number of aromatic hydroxyl groups is 1. The van der Waals surface area contributed by atoms with Crippen LogP contribution in [0, 0.1) is 13.8 Å². The third kappa shape index (κ3) is 1.52. The fourth-order valence-electron chi connectivity index (χ4n) is 2.03. The third-order valence-electron chi connectivity index (χ3n) is 3.04. The van der Waals surface area contributed by atoms with Gasteiger partial charge < -0.3 is 5.11 Å². The fraction of sp³-hybridized carbons (Fsp3) is 0.154. The molecule has 0 unspecified atom stereocenters. The summed E-state index contributed by atoms with van der Waals surface area (Å²) in [7, 11) is 0. The average Bonchev–Trinajstić information content (AvgIpc) is 2.80. The number of hydrogen-bond donors (Lipinski definition) is 2. The molecule has 5 nitrogen and oxygen atoms in total. The van der Waals surface area contributed by atoms with Crippen LogP contribution in [0.5, 0.6) is 5.75 Å². The van der Waals surface area contributed by atoms with Crippen LogP contribution in [-0.2, 0) is 0 Å². The fourth-order valence-corrected chi connectivity index (χ4v) is 2.03. The van der Waals surface area contributed by atoms with Gasteiger partial charge in [-0.2, -0.15) is 5.10 Å². The Balaban J connectivity index is 2.27. The minimum Gasteiger partial charge on any atom is -0.507 e. The van der Waals surface area contributed by atoms with E-state index in [1.165, 1.54) is 0 Å². The van der Waals surface area contributed by atoms with Crippen molar-refractivity contribution in [2.45, 2.75) is 13.8 Å². The highest BCUT2D eigenvalue weighted by Gasteiger charge is 2.13. The van der Waals surface area contributed by atoms with E-state index in [4.69, 9.17) is 0 Å². The van der Waals surface area contributed by atoms with E-state index in [-0.39, 0.29) is 5.75 Å². The smallest absolute Gasteiger partial charge is 0.178 e. The molecule has 3 rings (SSSR count). The molecule has 0 amide bonds. The third-order valence-corrected chi connectivity index (χ3v) is 3.04. The molecule has 18 heavy (non-hydrogen) atoms. The molecule has 0 saturated heterocycles. The molecule has 0 fully saturated rings. The number of nitrogens with one attached hydrogen (secondary N) is 1. The lowest BCUT2D eigenvalue weighted by atomic mass is 10.0. The number of nitrogens with zero attached hydrogens (tertiary/aromatic N) is 3. The van der Waals surface area contributed by atoms with Gasteiger partial charge in [0.2, 0.25) is 0 Å².